The van der Waals surface area contributed by atoms with Gasteiger partial charge in [-0.05, 0) is 96.8 Å². The summed E-state index contributed by atoms with van der Waals surface area (Å²) in [5.74, 6) is -1.97. The van der Waals surface area contributed by atoms with Gasteiger partial charge in [0.05, 0.1) is 5.41 Å². The van der Waals surface area contributed by atoms with Crippen molar-refractivity contribution < 1.29 is 24.2 Å². The van der Waals surface area contributed by atoms with Crippen molar-refractivity contribution in [1.82, 2.24) is 0 Å². The van der Waals surface area contributed by atoms with Crippen molar-refractivity contribution in [3.05, 3.63) is 47.5 Å². The smallest absolute Gasteiger partial charge is 0.314 e. The quantitative estimate of drug-likeness (QED) is 0.186. The van der Waals surface area contributed by atoms with E-state index in [4.69, 9.17) is 4.74 Å². The average molecular weight is 591 g/mol. The molecule has 5 rings (SSSR count). The van der Waals surface area contributed by atoms with E-state index in [-0.39, 0.29) is 45.2 Å². The first-order valence-electron chi connectivity index (χ1n) is 16.8. The topological polar surface area (TPSA) is 80.7 Å². The molecule has 1 N–H and O–H groups in total. The fourth-order valence-corrected chi connectivity index (χ4v) is 10.3. The van der Waals surface area contributed by atoms with Crippen molar-refractivity contribution in [2.45, 2.75) is 119 Å². The zero-order valence-corrected chi connectivity index (χ0v) is 27.6. The van der Waals surface area contributed by atoms with Crippen LogP contribution in [0.25, 0.3) is 0 Å². The standard InChI is InChI=1S/C38H54O5/c1-25(2)31(39)27(32(40)41)22-35(5)16-11-17-37(7)30(35)15-14-28-29-23-34(3,4)18-20-38(29,21-19-36(28,37)6)33(42)43-24-26-12-9-8-10-13-26/h8-10,12-14,25,27,29-30H,11,15-24H2,1-7H3,(H,40,41). The number of carbonyl (C=O) groups excluding carboxylic acids is 2. The fraction of sp³-hybridized carbons (Fsp3) is 0.711. The molecule has 43 heavy (non-hydrogen) atoms. The van der Waals surface area contributed by atoms with Gasteiger partial charge in [-0.3, -0.25) is 14.4 Å². The third-order valence-electron chi connectivity index (χ3n) is 13.1. The molecule has 7 atom stereocenters. The van der Waals surface area contributed by atoms with E-state index in [0.717, 1.165) is 63.4 Å². The molecule has 0 bridgehead atoms. The number of carboxylic acid groups (broad SMARTS) is 1. The van der Waals surface area contributed by atoms with Crippen LogP contribution in [0.2, 0.25) is 0 Å². The Morgan fingerprint density at radius 3 is 2.26 bits per heavy atom. The third-order valence-corrected chi connectivity index (χ3v) is 13.1. The molecular weight excluding hydrogens is 536 g/mol. The Labute approximate surface area is 259 Å². The van der Waals surface area contributed by atoms with E-state index in [0.29, 0.717) is 18.9 Å². The molecule has 0 heterocycles. The summed E-state index contributed by atoms with van der Waals surface area (Å²) in [6.45, 7) is 15.8. The summed E-state index contributed by atoms with van der Waals surface area (Å²) >= 11 is 0. The predicted molar refractivity (Wildman–Crippen MR) is 169 cm³/mol. The van der Waals surface area contributed by atoms with Gasteiger partial charge in [0, 0.05) is 5.92 Å². The number of ketones is 1. The molecule has 0 spiro atoms. The van der Waals surface area contributed by atoms with E-state index in [9.17, 15) is 19.5 Å². The Hall–Kier alpha value is -2.43. The van der Waals surface area contributed by atoms with Crippen LogP contribution in [0.4, 0.5) is 0 Å². The van der Waals surface area contributed by atoms with Gasteiger partial charge in [-0.2, -0.15) is 0 Å². The summed E-state index contributed by atoms with van der Waals surface area (Å²) in [4.78, 5) is 39.6. The summed E-state index contributed by atoms with van der Waals surface area (Å²) < 4.78 is 6.13. The number of allylic oxidation sites excluding steroid dienone is 2. The maximum atomic E-state index is 14.2. The predicted octanol–water partition coefficient (Wildman–Crippen LogP) is 8.80. The largest absolute Gasteiger partial charge is 0.481 e. The molecule has 5 nitrogen and oxygen atoms in total. The molecule has 3 saturated carbocycles. The highest BCUT2D eigenvalue weighted by Crippen LogP contribution is 2.73. The molecule has 0 saturated heterocycles. The zero-order valence-electron chi connectivity index (χ0n) is 27.6. The highest BCUT2D eigenvalue weighted by Gasteiger charge is 2.66. The lowest BCUT2D eigenvalue weighted by atomic mass is 9.36. The van der Waals surface area contributed by atoms with Gasteiger partial charge in [0.1, 0.15) is 18.3 Å². The van der Waals surface area contributed by atoms with E-state index in [1.807, 2.05) is 44.2 Å². The maximum Gasteiger partial charge on any atom is 0.314 e. The minimum atomic E-state index is -0.980. The van der Waals surface area contributed by atoms with Gasteiger partial charge in [0.25, 0.3) is 0 Å². The highest BCUT2D eigenvalue weighted by molar-refractivity contribution is 5.99. The molecule has 4 aliphatic carbocycles. The summed E-state index contributed by atoms with van der Waals surface area (Å²) in [6.07, 6.45) is 11.5. The van der Waals surface area contributed by atoms with Crippen molar-refractivity contribution >= 4 is 17.7 Å². The van der Waals surface area contributed by atoms with Crippen molar-refractivity contribution in [2.75, 3.05) is 0 Å². The average Bonchev–Trinajstić information content (AvgIpc) is 2.95. The Morgan fingerprint density at radius 1 is 0.930 bits per heavy atom. The molecular formula is C38H54O5. The lowest BCUT2D eigenvalue weighted by molar-refractivity contribution is -0.177. The SMILES string of the molecule is CC(C)C(=O)C(CC1(C)CCCC2(C)C1CC=C1C3CC(C)(C)CCC3(C(=O)OCc3ccccc3)CCC12C)C(=O)O. The van der Waals surface area contributed by atoms with Gasteiger partial charge in [-0.1, -0.05) is 96.9 Å². The Kier molecular flexibility index (Phi) is 8.31. The molecule has 5 heteroatoms. The lowest BCUT2D eigenvalue weighted by Crippen LogP contribution is -2.61. The Morgan fingerprint density at radius 2 is 1.60 bits per heavy atom. The van der Waals surface area contributed by atoms with Gasteiger partial charge in [0.15, 0.2) is 0 Å². The van der Waals surface area contributed by atoms with Gasteiger partial charge in [-0.15, -0.1) is 0 Å². The molecule has 1 aromatic rings. The number of carbonyl (C=O) groups is 3. The fourth-order valence-electron chi connectivity index (χ4n) is 10.3. The number of aliphatic carboxylic acids is 1. The highest BCUT2D eigenvalue weighted by atomic mass is 16.5. The van der Waals surface area contributed by atoms with Crippen LogP contribution in [0, 0.1) is 50.7 Å². The lowest BCUT2D eigenvalue weighted by Gasteiger charge is -2.67. The molecule has 4 aliphatic rings. The summed E-state index contributed by atoms with van der Waals surface area (Å²) in [5.41, 5.74) is 1.78. The van der Waals surface area contributed by atoms with Crippen LogP contribution >= 0.6 is 0 Å². The molecule has 0 aromatic heterocycles. The zero-order chi connectivity index (χ0) is 31.4. The second-order valence-corrected chi connectivity index (χ2v) is 16.5. The Bertz CT molecular complexity index is 1280. The second kappa shape index (κ2) is 11.2. The van der Waals surface area contributed by atoms with E-state index < -0.39 is 17.3 Å². The number of hydrogen-bond acceptors (Lipinski definition) is 4. The molecule has 7 unspecified atom stereocenters. The van der Waals surface area contributed by atoms with Crippen LogP contribution in [0.3, 0.4) is 0 Å². The first-order chi connectivity index (χ1) is 20.1. The van der Waals surface area contributed by atoms with Crippen LogP contribution in [0.1, 0.15) is 118 Å². The van der Waals surface area contributed by atoms with Crippen molar-refractivity contribution in [2.24, 2.45) is 50.7 Å². The number of rotatable bonds is 8. The van der Waals surface area contributed by atoms with Gasteiger partial charge in [-0.25, -0.2) is 0 Å². The third kappa shape index (κ3) is 5.31. The number of ether oxygens (including phenoxy) is 1. The normalized spacial score (nSPS) is 37.3. The van der Waals surface area contributed by atoms with Crippen LogP contribution in [-0.4, -0.2) is 22.8 Å². The molecule has 0 aliphatic heterocycles. The van der Waals surface area contributed by atoms with Crippen molar-refractivity contribution in [3.63, 3.8) is 0 Å². The Balaban J connectivity index is 1.50. The van der Waals surface area contributed by atoms with E-state index >= 15 is 0 Å². The van der Waals surface area contributed by atoms with Crippen LogP contribution in [-0.2, 0) is 25.7 Å². The molecule has 1 aromatic carbocycles. The van der Waals surface area contributed by atoms with E-state index in [2.05, 4.69) is 40.7 Å². The first-order valence-corrected chi connectivity index (χ1v) is 16.8. The van der Waals surface area contributed by atoms with E-state index in [1.165, 1.54) is 5.57 Å². The number of esters is 1. The monoisotopic (exact) mass is 590 g/mol. The number of Topliss-reactive ketones (excluding diaryl/α,β-unsaturated/α-hetero) is 1. The maximum absolute atomic E-state index is 14.2. The number of fused-ring (bicyclic) bond motifs is 5. The number of carboxylic acids is 1. The van der Waals surface area contributed by atoms with E-state index in [1.54, 1.807) is 0 Å². The molecule has 3 fully saturated rings. The van der Waals surface area contributed by atoms with Gasteiger partial charge in [0.2, 0.25) is 0 Å². The first kappa shape index (κ1) is 32.0. The summed E-state index contributed by atoms with van der Waals surface area (Å²) in [5, 5.41) is 10.1. The molecule has 0 amide bonds. The summed E-state index contributed by atoms with van der Waals surface area (Å²) in [7, 11) is 0. The van der Waals surface area contributed by atoms with Crippen LogP contribution < -0.4 is 0 Å². The summed E-state index contributed by atoms with van der Waals surface area (Å²) in [6, 6.07) is 9.98. The second-order valence-electron chi connectivity index (χ2n) is 16.5. The van der Waals surface area contributed by atoms with Crippen LogP contribution in [0.5, 0.6) is 0 Å². The molecule has 0 radical (unpaired) electrons. The minimum Gasteiger partial charge on any atom is -0.481 e. The number of hydrogen-bond donors (Lipinski definition) is 1. The van der Waals surface area contributed by atoms with Gasteiger partial charge < -0.3 is 9.84 Å². The minimum absolute atomic E-state index is 0.0305. The van der Waals surface area contributed by atoms with Crippen LogP contribution in [0.15, 0.2) is 42.0 Å². The van der Waals surface area contributed by atoms with Gasteiger partial charge >= 0.3 is 11.9 Å². The van der Waals surface area contributed by atoms with Crippen molar-refractivity contribution in [3.8, 4) is 0 Å². The molecule has 236 valence electrons. The number of benzene rings is 1. The van der Waals surface area contributed by atoms with Crippen molar-refractivity contribution in [1.29, 1.82) is 0 Å².